The number of hydrogen-bond acceptors (Lipinski definition) is 4. The zero-order valence-corrected chi connectivity index (χ0v) is 9.26. The van der Waals surface area contributed by atoms with Gasteiger partial charge in [0.1, 0.15) is 22.4 Å². The predicted octanol–water partition coefficient (Wildman–Crippen LogP) is 0.646. The van der Waals surface area contributed by atoms with Gasteiger partial charge in [0.05, 0.1) is 5.39 Å². The number of rotatable bonds is 1. The van der Waals surface area contributed by atoms with Crippen LogP contribution in [0, 0.1) is 16.0 Å². The lowest BCUT2D eigenvalue weighted by Crippen LogP contribution is -1.99. The lowest BCUT2D eigenvalue weighted by Gasteiger charge is -1.96. The van der Waals surface area contributed by atoms with Crippen molar-refractivity contribution in [3.63, 3.8) is 0 Å². The van der Waals surface area contributed by atoms with Gasteiger partial charge in [-0.05, 0) is 22.6 Å². The van der Waals surface area contributed by atoms with E-state index in [1.54, 1.807) is 4.68 Å². The minimum atomic E-state index is 0.385. The maximum atomic E-state index is 5.71. The van der Waals surface area contributed by atoms with Crippen LogP contribution >= 0.6 is 22.6 Å². The molecule has 0 spiro atoms. The van der Waals surface area contributed by atoms with Crippen LogP contribution in [0.1, 0.15) is 0 Å². The van der Waals surface area contributed by atoms with Crippen LogP contribution in [-0.4, -0.2) is 19.7 Å². The standard InChI is InChI=1S/C8H6IN5/c1-2-3-14-8-5(6(9)13-14)7(10)11-4-12-8/h1,4H,3H2,(H2,10,11,12). The second kappa shape index (κ2) is 3.42. The molecular weight excluding hydrogens is 293 g/mol. The van der Waals surface area contributed by atoms with Crippen LogP contribution in [0.15, 0.2) is 6.33 Å². The normalized spacial score (nSPS) is 10.3. The number of nitrogens with two attached hydrogens (primary N) is 1. The van der Waals surface area contributed by atoms with Gasteiger partial charge in [-0.2, -0.15) is 5.10 Å². The summed E-state index contributed by atoms with van der Waals surface area (Å²) in [5.74, 6) is 2.94. The summed E-state index contributed by atoms with van der Waals surface area (Å²) >= 11 is 2.08. The lowest BCUT2D eigenvalue weighted by atomic mass is 10.4. The third-order valence-electron chi connectivity index (χ3n) is 1.76. The maximum Gasteiger partial charge on any atom is 0.165 e. The van der Waals surface area contributed by atoms with Gasteiger partial charge in [-0.1, -0.05) is 5.92 Å². The average Bonchev–Trinajstić information content (AvgIpc) is 2.46. The summed E-state index contributed by atoms with van der Waals surface area (Å²) in [6, 6.07) is 0. The molecule has 0 saturated heterocycles. The van der Waals surface area contributed by atoms with E-state index in [0.29, 0.717) is 18.0 Å². The topological polar surface area (TPSA) is 69.6 Å². The van der Waals surface area contributed by atoms with Crippen molar-refractivity contribution in [2.24, 2.45) is 0 Å². The number of nitrogens with zero attached hydrogens (tertiary/aromatic N) is 4. The number of halogens is 1. The van der Waals surface area contributed by atoms with Gasteiger partial charge in [0.2, 0.25) is 0 Å². The molecule has 2 aromatic heterocycles. The molecule has 0 aliphatic carbocycles. The Morgan fingerprint density at radius 1 is 1.57 bits per heavy atom. The number of aromatic nitrogens is 4. The molecule has 0 unspecified atom stereocenters. The van der Waals surface area contributed by atoms with Crippen LogP contribution in [0.3, 0.4) is 0 Å². The molecule has 0 bridgehead atoms. The van der Waals surface area contributed by atoms with Crippen molar-refractivity contribution in [3.8, 4) is 12.3 Å². The molecule has 0 aliphatic heterocycles. The lowest BCUT2D eigenvalue weighted by molar-refractivity contribution is 0.726. The Morgan fingerprint density at radius 3 is 3.07 bits per heavy atom. The first kappa shape index (κ1) is 9.21. The van der Waals surface area contributed by atoms with Crippen molar-refractivity contribution in [1.82, 2.24) is 19.7 Å². The summed E-state index contributed by atoms with van der Waals surface area (Å²) < 4.78 is 2.40. The molecule has 14 heavy (non-hydrogen) atoms. The number of hydrogen-bond donors (Lipinski definition) is 1. The molecule has 70 valence electrons. The minimum absolute atomic E-state index is 0.385. The number of terminal acetylenes is 1. The molecule has 2 N–H and O–H groups in total. The minimum Gasteiger partial charge on any atom is -0.383 e. The second-order valence-corrected chi connectivity index (χ2v) is 3.63. The highest BCUT2D eigenvalue weighted by molar-refractivity contribution is 14.1. The number of anilines is 1. The Kier molecular flexibility index (Phi) is 2.25. The third kappa shape index (κ3) is 1.29. The average molecular weight is 299 g/mol. The molecule has 5 nitrogen and oxygen atoms in total. The quantitative estimate of drug-likeness (QED) is 0.620. The Bertz CT molecular complexity index is 524. The Hall–Kier alpha value is -1.36. The van der Waals surface area contributed by atoms with Gasteiger partial charge in [0.15, 0.2) is 5.65 Å². The third-order valence-corrected chi connectivity index (χ3v) is 2.51. The van der Waals surface area contributed by atoms with E-state index in [9.17, 15) is 0 Å². The summed E-state index contributed by atoms with van der Waals surface area (Å²) in [6.07, 6.45) is 6.62. The van der Waals surface area contributed by atoms with E-state index in [1.807, 2.05) is 0 Å². The predicted molar refractivity (Wildman–Crippen MR) is 61.3 cm³/mol. The molecule has 6 heteroatoms. The fourth-order valence-corrected chi connectivity index (χ4v) is 1.96. The smallest absolute Gasteiger partial charge is 0.165 e. The molecule has 0 aliphatic rings. The Labute approximate surface area is 93.9 Å². The molecule has 2 rings (SSSR count). The van der Waals surface area contributed by atoms with E-state index >= 15 is 0 Å². The van der Waals surface area contributed by atoms with Gasteiger partial charge in [0, 0.05) is 0 Å². The fourth-order valence-electron chi connectivity index (χ4n) is 1.18. The van der Waals surface area contributed by atoms with Crippen molar-refractivity contribution in [1.29, 1.82) is 0 Å². The maximum absolute atomic E-state index is 5.71. The van der Waals surface area contributed by atoms with Crippen LogP contribution in [0.25, 0.3) is 11.0 Å². The SMILES string of the molecule is C#CCn1nc(I)c2c(N)ncnc21. The summed E-state index contributed by atoms with van der Waals surface area (Å²) in [5.41, 5.74) is 6.39. The highest BCUT2D eigenvalue weighted by Crippen LogP contribution is 2.21. The van der Waals surface area contributed by atoms with E-state index in [1.165, 1.54) is 6.33 Å². The zero-order chi connectivity index (χ0) is 10.1. The van der Waals surface area contributed by atoms with Crippen LogP contribution in [0.5, 0.6) is 0 Å². The van der Waals surface area contributed by atoms with Crippen molar-refractivity contribution in [3.05, 3.63) is 10.0 Å². The van der Waals surface area contributed by atoms with Crippen molar-refractivity contribution >= 4 is 39.4 Å². The van der Waals surface area contributed by atoms with Gasteiger partial charge in [-0.3, -0.25) is 0 Å². The molecule has 0 fully saturated rings. The highest BCUT2D eigenvalue weighted by Gasteiger charge is 2.11. The molecule has 0 aromatic carbocycles. The number of nitrogen functional groups attached to an aromatic ring is 1. The Balaban J connectivity index is 2.79. The van der Waals surface area contributed by atoms with E-state index in [2.05, 4.69) is 43.6 Å². The largest absolute Gasteiger partial charge is 0.383 e. The summed E-state index contributed by atoms with van der Waals surface area (Å²) in [5, 5.41) is 4.99. The van der Waals surface area contributed by atoms with Crippen LogP contribution in [-0.2, 0) is 6.54 Å². The highest BCUT2D eigenvalue weighted by atomic mass is 127. The molecule has 0 saturated carbocycles. The molecule has 0 radical (unpaired) electrons. The first-order chi connectivity index (χ1) is 6.74. The first-order valence-corrected chi connectivity index (χ1v) is 4.88. The Morgan fingerprint density at radius 2 is 2.36 bits per heavy atom. The molecule has 2 aromatic rings. The van der Waals surface area contributed by atoms with Crippen LogP contribution < -0.4 is 5.73 Å². The second-order valence-electron chi connectivity index (χ2n) is 2.61. The molecular formula is C8H6IN5. The molecule has 0 atom stereocenters. The summed E-state index contributed by atoms with van der Waals surface area (Å²) in [7, 11) is 0. The van der Waals surface area contributed by atoms with E-state index in [0.717, 1.165) is 9.09 Å². The van der Waals surface area contributed by atoms with E-state index in [-0.39, 0.29) is 0 Å². The van der Waals surface area contributed by atoms with Crippen molar-refractivity contribution in [2.75, 3.05) is 5.73 Å². The van der Waals surface area contributed by atoms with Crippen LogP contribution in [0.2, 0.25) is 0 Å². The first-order valence-electron chi connectivity index (χ1n) is 3.80. The molecule has 2 heterocycles. The fraction of sp³-hybridized carbons (Fsp3) is 0.125. The van der Waals surface area contributed by atoms with Gasteiger partial charge < -0.3 is 5.73 Å². The van der Waals surface area contributed by atoms with Gasteiger partial charge in [-0.15, -0.1) is 6.42 Å². The van der Waals surface area contributed by atoms with Crippen molar-refractivity contribution in [2.45, 2.75) is 6.54 Å². The van der Waals surface area contributed by atoms with Crippen molar-refractivity contribution < 1.29 is 0 Å². The molecule has 0 amide bonds. The monoisotopic (exact) mass is 299 g/mol. The van der Waals surface area contributed by atoms with Gasteiger partial charge in [0.25, 0.3) is 0 Å². The van der Waals surface area contributed by atoms with E-state index in [4.69, 9.17) is 12.2 Å². The summed E-state index contributed by atoms with van der Waals surface area (Å²) in [4.78, 5) is 7.99. The van der Waals surface area contributed by atoms with Gasteiger partial charge >= 0.3 is 0 Å². The van der Waals surface area contributed by atoms with Gasteiger partial charge in [-0.25, -0.2) is 14.6 Å². The summed E-state index contributed by atoms with van der Waals surface area (Å²) in [6.45, 7) is 0.385. The van der Waals surface area contributed by atoms with Crippen LogP contribution in [0.4, 0.5) is 5.82 Å². The van der Waals surface area contributed by atoms with E-state index < -0.39 is 0 Å². The number of fused-ring (bicyclic) bond motifs is 1. The zero-order valence-electron chi connectivity index (χ0n) is 7.11.